The Morgan fingerprint density at radius 3 is 2.73 bits per heavy atom. The number of nitrogens with zero attached hydrogens (tertiary/aromatic N) is 3. The molecule has 0 saturated carbocycles. The Balaban J connectivity index is 2.84. The highest BCUT2D eigenvalue weighted by Gasteiger charge is 2.40. The summed E-state index contributed by atoms with van der Waals surface area (Å²) in [5, 5.41) is 21.4. The molecule has 2 atom stereocenters. The van der Waals surface area contributed by atoms with E-state index in [2.05, 4.69) is 0 Å². The third-order valence-corrected chi connectivity index (χ3v) is 2.55. The van der Waals surface area contributed by atoms with Crippen LogP contribution in [0.5, 0.6) is 0 Å². The molecule has 1 heterocycles. The third kappa shape index (κ3) is 2.28. The van der Waals surface area contributed by atoms with Gasteiger partial charge in [-0.3, -0.25) is 4.79 Å². The maximum Gasteiger partial charge on any atom is 0.253 e. The lowest BCUT2D eigenvalue weighted by Gasteiger charge is -2.34. The second-order valence-corrected chi connectivity index (χ2v) is 4.11. The standard InChI is InChI=1S/C10H17N3O2/c1-7(2)12-8(3)6-10(15)13(12)9(14)4-5-11/h7-8,10,15H,4,6H2,1-3H3/t8-,10+/m1/s1. The van der Waals surface area contributed by atoms with Gasteiger partial charge < -0.3 is 5.11 Å². The number of amides is 1. The molecule has 5 nitrogen and oxygen atoms in total. The van der Waals surface area contributed by atoms with E-state index in [-0.39, 0.29) is 24.4 Å². The van der Waals surface area contributed by atoms with Crippen LogP contribution in [0.3, 0.4) is 0 Å². The average molecular weight is 211 g/mol. The Morgan fingerprint density at radius 2 is 2.27 bits per heavy atom. The smallest absolute Gasteiger partial charge is 0.253 e. The van der Waals surface area contributed by atoms with Gasteiger partial charge in [0.25, 0.3) is 5.91 Å². The molecule has 0 aromatic rings. The third-order valence-electron chi connectivity index (χ3n) is 2.55. The van der Waals surface area contributed by atoms with E-state index in [0.717, 1.165) is 0 Å². The molecular formula is C10H17N3O2. The van der Waals surface area contributed by atoms with Gasteiger partial charge in [0.05, 0.1) is 6.07 Å². The lowest BCUT2D eigenvalue weighted by atomic mass is 10.2. The Bertz CT molecular complexity index is 285. The first-order chi connectivity index (χ1) is 6.99. The van der Waals surface area contributed by atoms with Gasteiger partial charge in [0, 0.05) is 18.5 Å². The maximum absolute atomic E-state index is 11.6. The summed E-state index contributed by atoms with van der Waals surface area (Å²) in [6.07, 6.45) is -0.439. The van der Waals surface area contributed by atoms with E-state index in [1.807, 2.05) is 31.8 Å². The quantitative estimate of drug-likeness (QED) is 0.720. The Kier molecular flexibility index (Phi) is 3.66. The fourth-order valence-electron chi connectivity index (χ4n) is 2.08. The minimum atomic E-state index is -0.789. The van der Waals surface area contributed by atoms with Gasteiger partial charge in [0.15, 0.2) is 0 Å². The molecule has 1 aliphatic heterocycles. The number of hydrogen-bond donors (Lipinski definition) is 1. The maximum atomic E-state index is 11.6. The number of carbonyl (C=O) groups excluding carboxylic acids is 1. The second-order valence-electron chi connectivity index (χ2n) is 4.11. The lowest BCUT2D eigenvalue weighted by Crippen LogP contribution is -2.50. The zero-order valence-corrected chi connectivity index (χ0v) is 9.34. The van der Waals surface area contributed by atoms with E-state index < -0.39 is 6.23 Å². The molecule has 1 rings (SSSR count). The van der Waals surface area contributed by atoms with Crippen molar-refractivity contribution in [2.75, 3.05) is 0 Å². The first kappa shape index (κ1) is 12.0. The van der Waals surface area contributed by atoms with E-state index in [1.165, 1.54) is 5.01 Å². The molecule has 1 saturated heterocycles. The first-order valence-corrected chi connectivity index (χ1v) is 5.14. The van der Waals surface area contributed by atoms with Crippen LogP contribution in [0.15, 0.2) is 0 Å². The van der Waals surface area contributed by atoms with Gasteiger partial charge in [-0.2, -0.15) is 5.26 Å². The van der Waals surface area contributed by atoms with Crippen LogP contribution in [0.1, 0.15) is 33.6 Å². The molecule has 0 bridgehead atoms. The molecule has 1 fully saturated rings. The summed E-state index contributed by atoms with van der Waals surface area (Å²) in [6, 6.07) is 2.08. The van der Waals surface area contributed by atoms with Crippen molar-refractivity contribution in [3.63, 3.8) is 0 Å². The van der Waals surface area contributed by atoms with Gasteiger partial charge in [0.2, 0.25) is 0 Å². The number of hydrogen-bond acceptors (Lipinski definition) is 4. The summed E-state index contributed by atoms with van der Waals surface area (Å²) < 4.78 is 0. The summed E-state index contributed by atoms with van der Waals surface area (Å²) in [6.45, 7) is 5.88. The summed E-state index contributed by atoms with van der Waals surface area (Å²) in [7, 11) is 0. The SMILES string of the molecule is CC(C)N1[C@H](C)C[C@H](O)N1C(=O)CC#N. The van der Waals surface area contributed by atoms with E-state index in [4.69, 9.17) is 5.26 Å². The molecule has 0 aromatic carbocycles. The monoisotopic (exact) mass is 211 g/mol. The molecule has 0 radical (unpaired) electrons. The van der Waals surface area contributed by atoms with Gasteiger partial charge in [-0.1, -0.05) is 0 Å². The van der Waals surface area contributed by atoms with E-state index >= 15 is 0 Å². The fraction of sp³-hybridized carbons (Fsp3) is 0.800. The van der Waals surface area contributed by atoms with Gasteiger partial charge >= 0.3 is 0 Å². The van der Waals surface area contributed by atoms with Crippen LogP contribution in [0.2, 0.25) is 0 Å². The number of hydrazine groups is 1. The largest absolute Gasteiger partial charge is 0.372 e. The number of nitriles is 1. The predicted molar refractivity (Wildman–Crippen MR) is 54.1 cm³/mol. The highest BCUT2D eigenvalue weighted by atomic mass is 16.3. The Hall–Kier alpha value is -1.12. The van der Waals surface area contributed by atoms with Crippen LogP contribution >= 0.6 is 0 Å². The zero-order chi connectivity index (χ0) is 11.6. The van der Waals surface area contributed by atoms with Crippen molar-refractivity contribution in [3.8, 4) is 6.07 Å². The van der Waals surface area contributed by atoms with Crippen molar-refractivity contribution in [2.24, 2.45) is 0 Å². The van der Waals surface area contributed by atoms with Crippen molar-refractivity contribution in [3.05, 3.63) is 0 Å². The van der Waals surface area contributed by atoms with Gasteiger partial charge in [-0.15, -0.1) is 0 Å². The second kappa shape index (κ2) is 4.60. The molecule has 0 spiro atoms. The number of aliphatic hydroxyl groups is 1. The Morgan fingerprint density at radius 1 is 1.67 bits per heavy atom. The van der Waals surface area contributed by atoms with Crippen molar-refractivity contribution >= 4 is 5.91 Å². The van der Waals surface area contributed by atoms with E-state index in [9.17, 15) is 9.90 Å². The molecule has 0 aromatic heterocycles. The van der Waals surface area contributed by atoms with Crippen molar-refractivity contribution < 1.29 is 9.90 Å². The number of aliphatic hydroxyl groups excluding tert-OH is 1. The number of rotatable bonds is 2. The molecule has 1 N–H and O–H groups in total. The lowest BCUT2D eigenvalue weighted by molar-refractivity contribution is -0.165. The summed E-state index contributed by atoms with van der Waals surface area (Å²) in [5.41, 5.74) is 0. The summed E-state index contributed by atoms with van der Waals surface area (Å²) in [5.74, 6) is -0.331. The van der Waals surface area contributed by atoms with Crippen LogP contribution < -0.4 is 0 Å². The molecule has 5 heteroatoms. The van der Waals surface area contributed by atoms with Crippen LogP contribution in [0, 0.1) is 11.3 Å². The van der Waals surface area contributed by atoms with Gasteiger partial charge in [0.1, 0.15) is 12.6 Å². The molecular weight excluding hydrogens is 194 g/mol. The topological polar surface area (TPSA) is 67.6 Å². The van der Waals surface area contributed by atoms with Crippen LogP contribution in [-0.4, -0.2) is 39.3 Å². The molecule has 1 aliphatic rings. The average Bonchev–Trinajstić information content (AvgIpc) is 2.41. The zero-order valence-electron chi connectivity index (χ0n) is 9.34. The first-order valence-electron chi connectivity index (χ1n) is 5.14. The van der Waals surface area contributed by atoms with Crippen molar-refractivity contribution in [2.45, 2.75) is 51.9 Å². The van der Waals surface area contributed by atoms with E-state index in [0.29, 0.717) is 6.42 Å². The van der Waals surface area contributed by atoms with Gasteiger partial charge in [-0.05, 0) is 20.8 Å². The molecule has 84 valence electrons. The highest BCUT2D eigenvalue weighted by Crippen LogP contribution is 2.26. The molecule has 15 heavy (non-hydrogen) atoms. The molecule has 1 amide bonds. The fourth-order valence-corrected chi connectivity index (χ4v) is 2.08. The van der Waals surface area contributed by atoms with Crippen LogP contribution in [-0.2, 0) is 4.79 Å². The normalized spacial score (nSPS) is 27.1. The van der Waals surface area contributed by atoms with Crippen molar-refractivity contribution in [1.29, 1.82) is 5.26 Å². The molecule has 0 unspecified atom stereocenters. The van der Waals surface area contributed by atoms with Crippen molar-refractivity contribution in [1.82, 2.24) is 10.0 Å². The van der Waals surface area contributed by atoms with Gasteiger partial charge in [-0.25, -0.2) is 10.0 Å². The minimum Gasteiger partial charge on any atom is -0.372 e. The summed E-state index contributed by atoms with van der Waals surface area (Å²) >= 11 is 0. The Labute approximate surface area is 89.9 Å². The van der Waals surface area contributed by atoms with Crippen LogP contribution in [0.4, 0.5) is 0 Å². The predicted octanol–water partition coefficient (Wildman–Crippen LogP) is 0.465. The minimum absolute atomic E-state index is 0.127. The van der Waals surface area contributed by atoms with E-state index in [1.54, 1.807) is 0 Å². The van der Waals surface area contributed by atoms with Crippen LogP contribution in [0.25, 0.3) is 0 Å². The molecule has 0 aliphatic carbocycles. The number of carbonyl (C=O) groups is 1. The highest BCUT2D eigenvalue weighted by molar-refractivity contribution is 5.78. The summed E-state index contributed by atoms with van der Waals surface area (Å²) in [4.78, 5) is 11.6.